The summed E-state index contributed by atoms with van der Waals surface area (Å²) in [5, 5.41) is 12.4. The number of likely N-dealkylation sites (tertiary alicyclic amines) is 1. The molecule has 7 heteroatoms. The summed E-state index contributed by atoms with van der Waals surface area (Å²) in [6, 6.07) is 18.4. The number of hydrogen-bond acceptors (Lipinski definition) is 4. The Hall–Kier alpha value is -2.44. The number of amides is 1. The Morgan fingerprint density at radius 2 is 1.76 bits per heavy atom. The average Bonchev–Trinajstić information content (AvgIpc) is 3.38. The van der Waals surface area contributed by atoms with Crippen LogP contribution in [0.4, 0.5) is 0 Å². The van der Waals surface area contributed by atoms with Crippen LogP contribution < -0.4 is 5.32 Å². The maximum absolute atomic E-state index is 12.9. The molecule has 0 radical (unpaired) electrons. The molecule has 2 aliphatic heterocycles. The van der Waals surface area contributed by atoms with E-state index in [0.29, 0.717) is 5.92 Å². The van der Waals surface area contributed by atoms with Crippen LogP contribution in [0.25, 0.3) is 11.0 Å². The Kier molecular flexibility index (Phi) is 5.56. The molecule has 2 unspecified atom stereocenters. The number of carbonyl (C=O) groups is 1. The van der Waals surface area contributed by atoms with Gasteiger partial charge in [-0.25, -0.2) is 0 Å². The van der Waals surface area contributed by atoms with Crippen LogP contribution in [0.5, 0.6) is 0 Å². The van der Waals surface area contributed by atoms with Crippen molar-refractivity contribution in [2.24, 2.45) is 11.3 Å². The van der Waals surface area contributed by atoms with Crippen LogP contribution in [0, 0.1) is 11.3 Å². The molecule has 152 valence electrons. The first-order valence-electron chi connectivity index (χ1n) is 10.0. The van der Waals surface area contributed by atoms with Crippen molar-refractivity contribution >= 4 is 29.3 Å². The lowest BCUT2D eigenvalue weighted by Gasteiger charge is -2.28. The number of aryl methyl sites for hydroxylation is 1. The fraction of sp³-hybridized carbons (Fsp3) is 0.409. The minimum atomic E-state index is 0. The van der Waals surface area contributed by atoms with Gasteiger partial charge in [0.05, 0.1) is 0 Å². The number of halogens is 1. The number of aromatic nitrogens is 3. The Morgan fingerprint density at radius 3 is 2.48 bits per heavy atom. The van der Waals surface area contributed by atoms with Crippen LogP contribution >= 0.6 is 12.4 Å². The number of carbonyl (C=O) groups excluding carboxylic acids is 1. The van der Waals surface area contributed by atoms with E-state index < -0.39 is 0 Å². The first-order chi connectivity index (χ1) is 13.7. The van der Waals surface area contributed by atoms with E-state index in [0.717, 1.165) is 50.1 Å². The molecule has 3 aromatic rings. The zero-order chi connectivity index (χ0) is 19.0. The molecule has 0 aliphatic carbocycles. The average molecular weight is 412 g/mol. The first-order valence-corrected chi connectivity index (χ1v) is 10.0. The molecule has 2 atom stereocenters. The summed E-state index contributed by atoms with van der Waals surface area (Å²) >= 11 is 0. The number of hydrogen-bond donors (Lipinski definition) is 1. The van der Waals surface area contributed by atoms with Gasteiger partial charge in [-0.15, -0.1) is 12.4 Å². The van der Waals surface area contributed by atoms with Crippen molar-refractivity contribution < 1.29 is 4.79 Å². The molecule has 2 fully saturated rings. The summed E-state index contributed by atoms with van der Waals surface area (Å²) in [6.07, 6.45) is 2.18. The van der Waals surface area contributed by atoms with Gasteiger partial charge in [-0.1, -0.05) is 42.5 Å². The summed E-state index contributed by atoms with van der Waals surface area (Å²) in [6.45, 7) is 3.88. The fourth-order valence-electron chi connectivity index (χ4n) is 4.81. The number of benzene rings is 2. The van der Waals surface area contributed by atoms with Crippen molar-refractivity contribution in [2.45, 2.75) is 19.4 Å². The van der Waals surface area contributed by atoms with Gasteiger partial charge in [0, 0.05) is 31.6 Å². The van der Waals surface area contributed by atoms with Gasteiger partial charge in [-0.05, 0) is 36.5 Å². The van der Waals surface area contributed by atoms with Gasteiger partial charge in [0.15, 0.2) is 0 Å². The second-order valence-corrected chi connectivity index (χ2v) is 8.17. The minimum Gasteiger partial charge on any atom is -0.340 e. The second kappa shape index (κ2) is 8.13. The fourth-order valence-corrected chi connectivity index (χ4v) is 4.81. The van der Waals surface area contributed by atoms with Crippen LogP contribution in [-0.2, 0) is 17.8 Å². The van der Waals surface area contributed by atoms with Gasteiger partial charge in [0.2, 0.25) is 5.91 Å². The van der Waals surface area contributed by atoms with Crippen molar-refractivity contribution in [1.29, 1.82) is 0 Å². The van der Waals surface area contributed by atoms with Crippen molar-refractivity contribution in [2.75, 3.05) is 26.2 Å². The van der Waals surface area contributed by atoms with E-state index in [1.54, 1.807) is 0 Å². The highest BCUT2D eigenvalue weighted by atomic mass is 35.5. The molecule has 0 spiro atoms. The SMILES string of the molecule is Cl.O=C(Cn1nc2ccccc2n1)N1CC2CNCC2(CCc2ccccc2)C1. The van der Waals surface area contributed by atoms with E-state index >= 15 is 0 Å². The van der Waals surface area contributed by atoms with Crippen molar-refractivity contribution in [3.8, 4) is 0 Å². The van der Waals surface area contributed by atoms with Crippen LogP contribution in [0.3, 0.4) is 0 Å². The van der Waals surface area contributed by atoms with Gasteiger partial charge >= 0.3 is 0 Å². The maximum Gasteiger partial charge on any atom is 0.246 e. The number of fused-ring (bicyclic) bond motifs is 2. The highest BCUT2D eigenvalue weighted by molar-refractivity contribution is 5.85. The Morgan fingerprint density at radius 1 is 1.07 bits per heavy atom. The molecule has 1 N–H and O–H groups in total. The molecule has 5 rings (SSSR count). The van der Waals surface area contributed by atoms with E-state index in [-0.39, 0.29) is 30.3 Å². The first kappa shape index (κ1) is 19.9. The molecule has 2 aromatic carbocycles. The molecular formula is C22H26ClN5O. The predicted molar refractivity (Wildman–Crippen MR) is 115 cm³/mol. The summed E-state index contributed by atoms with van der Waals surface area (Å²) in [5.41, 5.74) is 3.22. The van der Waals surface area contributed by atoms with Gasteiger partial charge in [0.25, 0.3) is 0 Å². The van der Waals surface area contributed by atoms with E-state index in [1.807, 2.05) is 29.2 Å². The molecule has 29 heavy (non-hydrogen) atoms. The lowest BCUT2D eigenvalue weighted by molar-refractivity contribution is -0.131. The molecule has 1 amide bonds. The van der Waals surface area contributed by atoms with Crippen LogP contribution in [0.15, 0.2) is 54.6 Å². The highest BCUT2D eigenvalue weighted by Gasteiger charge is 2.50. The van der Waals surface area contributed by atoms with Gasteiger partial charge < -0.3 is 10.2 Å². The van der Waals surface area contributed by atoms with E-state index in [4.69, 9.17) is 0 Å². The van der Waals surface area contributed by atoms with Gasteiger partial charge in [0.1, 0.15) is 17.6 Å². The zero-order valence-corrected chi connectivity index (χ0v) is 17.1. The topological polar surface area (TPSA) is 63.1 Å². The summed E-state index contributed by atoms with van der Waals surface area (Å²) < 4.78 is 0. The number of rotatable bonds is 5. The van der Waals surface area contributed by atoms with Gasteiger partial charge in [-0.2, -0.15) is 15.0 Å². The van der Waals surface area contributed by atoms with Gasteiger partial charge in [-0.3, -0.25) is 4.79 Å². The third kappa shape index (κ3) is 3.87. The molecular weight excluding hydrogens is 386 g/mol. The van der Waals surface area contributed by atoms with Crippen molar-refractivity contribution in [3.63, 3.8) is 0 Å². The molecule has 1 aromatic heterocycles. The van der Waals surface area contributed by atoms with Crippen LogP contribution in [0.1, 0.15) is 12.0 Å². The maximum atomic E-state index is 12.9. The summed E-state index contributed by atoms with van der Waals surface area (Å²) in [4.78, 5) is 16.5. The Labute approximate surface area is 176 Å². The third-order valence-electron chi connectivity index (χ3n) is 6.39. The Balaban J connectivity index is 0.00000205. The molecule has 0 bridgehead atoms. The largest absolute Gasteiger partial charge is 0.340 e. The van der Waals surface area contributed by atoms with E-state index in [2.05, 4.69) is 45.8 Å². The third-order valence-corrected chi connectivity index (χ3v) is 6.39. The Bertz CT molecular complexity index is 958. The molecule has 3 heterocycles. The molecule has 2 saturated heterocycles. The molecule has 2 aliphatic rings. The van der Waals surface area contributed by atoms with Crippen molar-refractivity contribution in [3.05, 3.63) is 60.2 Å². The minimum absolute atomic E-state index is 0. The predicted octanol–water partition coefficient (Wildman–Crippen LogP) is 2.53. The standard InChI is InChI=1S/C22H25N5O.ClH/c28-21(14-27-24-19-8-4-5-9-20(19)25-27)26-13-18-12-23-15-22(18,16-26)11-10-17-6-2-1-3-7-17;/h1-9,18,23H,10-16H2;1H. The quantitative estimate of drug-likeness (QED) is 0.700. The molecule has 0 saturated carbocycles. The number of nitrogens with one attached hydrogen (secondary N) is 1. The smallest absolute Gasteiger partial charge is 0.246 e. The highest BCUT2D eigenvalue weighted by Crippen LogP contribution is 2.42. The normalized spacial score (nSPS) is 23.2. The monoisotopic (exact) mass is 411 g/mol. The van der Waals surface area contributed by atoms with Crippen molar-refractivity contribution in [1.82, 2.24) is 25.2 Å². The lowest BCUT2D eigenvalue weighted by atomic mass is 9.76. The zero-order valence-electron chi connectivity index (χ0n) is 16.3. The van der Waals surface area contributed by atoms with Crippen LogP contribution in [0.2, 0.25) is 0 Å². The van der Waals surface area contributed by atoms with E-state index in [1.165, 1.54) is 10.4 Å². The molecule has 6 nitrogen and oxygen atoms in total. The lowest BCUT2D eigenvalue weighted by Crippen LogP contribution is -2.37. The summed E-state index contributed by atoms with van der Waals surface area (Å²) in [7, 11) is 0. The number of nitrogens with zero attached hydrogens (tertiary/aromatic N) is 4. The summed E-state index contributed by atoms with van der Waals surface area (Å²) in [5.74, 6) is 0.651. The second-order valence-electron chi connectivity index (χ2n) is 8.17. The van der Waals surface area contributed by atoms with Crippen LogP contribution in [-0.4, -0.2) is 52.0 Å². The van der Waals surface area contributed by atoms with E-state index in [9.17, 15) is 4.79 Å².